The zero-order chi connectivity index (χ0) is 21.8. The van der Waals surface area contributed by atoms with Gasteiger partial charge < -0.3 is 9.80 Å². The highest BCUT2D eigenvalue weighted by Crippen LogP contribution is 2.32. The molecule has 0 spiro atoms. The van der Waals surface area contributed by atoms with Crippen LogP contribution in [0.15, 0.2) is 65.5 Å². The van der Waals surface area contributed by atoms with Gasteiger partial charge in [0.05, 0.1) is 5.69 Å². The molecule has 0 atom stereocenters. The Bertz CT molecular complexity index is 1100. The fourth-order valence-corrected chi connectivity index (χ4v) is 4.09. The molecule has 1 saturated heterocycles. The van der Waals surface area contributed by atoms with E-state index in [9.17, 15) is 9.59 Å². The summed E-state index contributed by atoms with van der Waals surface area (Å²) in [6, 6.07) is 19.4. The Balaban J connectivity index is 1.93. The number of hydrogen-bond donors (Lipinski definition) is 0. The van der Waals surface area contributed by atoms with Crippen molar-refractivity contribution < 1.29 is 4.79 Å². The number of rotatable bonds is 5. The van der Waals surface area contributed by atoms with Gasteiger partial charge in [0.2, 0.25) is 0 Å². The summed E-state index contributed by atoms with van der Waals surface area (Å²) in [4.78, 5) is 31.3. The van der Waals surface area contributed by atoms with E-state index in [0.717, 1.165) is 30.8 Å². The largest absolute Gasteiger partial charge is 0.336 e. The van der Waals surface area contributed by atoms with Crippen molar-refractivity contribution in [2.24, 2.45) is 0 Å². The first kappa shape index (κ1) is 21.0. The number of amides is 1. The van der Waals surface area contributed by atoms with E-state index >= 15 is 0 Å². The average Bonchev–Trinajstić information content (AvgIpc) is 2.84. The molecule has 6 nitrogen and oxygen atoms in total. The van der Waals surface area contributed by atoms with Gasteiger partial charge in [0.1, 0.15) is 5.56 Å². The van der Waals surface area contributed by atoms with E-state index < -0.39 is 0 Å². The third-order valence-corrected chi connectivity index (χ3v) is 5.89. The molecule has 1 amide bonds. The molecule has 0 saturated carbocycles. The molecule has 0 aliphatic carbocycles. The number of aromatic nitrogens is 2. The van der Waals surface area contributed by atoms with Gasteiger partial charge in [-0.2, -0.15) is 5.10 Å². The topological polar surface area (TPSA) is 58.4 Å². The summed E-state index contributed by atoms with van der Waals surface area (Å²) in [5, 5.41) is 4.68. The molecule has 1 fully saturated rings. The monoisotopic (exact) mass is 416 g/mol. The number of likely N-dealkylation sites (N-methyl/N-ethyl adjacent to an activating group) is 1. The Labute approximate surface area is 182 Å². The van der Waals surface area contributed by atoms with Crippen LogP contribution in [-0.2, 0) is 6.54 Å². The molecule has 2 aromatic carbocycles. The normalized spacial score (nSPS) is 14.6. The van der Waals surface area contributed by atoms with Crippen molar-refractivity contribution in [3.05, 3.63) is 76.6 Å². The third-order valence-electron chi connectivity index (χ3n) is 5.89. The third kappa shape index (κ3) is 4.16. The predicted molar refractivity (Wildman–Crippen MR) is 123 cm³/mol. The zero-order valence-corrected chi connectivity index (χ0v) is 18.1. The van der Waals surface area contributed by atoms with Crippen LogP contribution in [0, 0.1) is 0 Å². The summed E-state index contributed by atoms with van der Waals surface area (Å²) in [5.74, 6) is -0.207. The molecular weight excluding hydrogens is 388 g/mol. The molecule has 6 heteroatoms. The molecule has 1 aliphatic heterocycles. The lowest BCUT2D eigenvalue weighted by Crippen LogP contribution is -2.50. The molecular formula is C25H28N4O2. The summed E-state index contributed by atoms with van der Waals surface area (Å²) < 4.78 is 1.41. The summed E-state index contributed by atoms with van der Waals surface area (Å²) >= 11 is 0. The van der Waals surface area contributed by atoms with Crippen LogP contribution in [-0.4, -0.2) is 58.2 Å². The SMILES string of the molecule is CCN1CCN(C(=O)c2c(-c3ccccc3)c(-c3ccccc3)nn(CC)c2=O)CC1. The predicted octanol–water partition coefficient (Wildman–Crippen LogP) is 3.37. The van der Waals surface area contributed by atoms with Crippen LogP contribution >= 0.6 is 0 Å². The molecule has 0 radical (unpaired) electrons. The first-order valence-corrected chi connectivity index (χ1v) is 10.9. The van der Waals surface area contributed by atoms with Crippen molar-refractivity contribution in [2.45, 2.75) is 20.4 Å². The Hall–Kier alpha value is -3.25. The highest BCUT2D eigenvalue weighted by molar-refractivity contribution is 6.03. The van der Waals surface area contributed by atoms with Gasteiger partial charge in [-0.3, -0.25) is 9.59 Å². The number of piperazine rings is 1. The second-order valence-corrected chi connectivity index (χ2v) is 7.68. The maximum atomic E-state index is 13.7. The molecule has 4 rings (SSSR count). The standard InChI is InChI=1S/C25H28N4O2/c1-3-27-15-17-28(18-16-27)24(30)22-21(19-11-7-5-8-12-19)23(20-13-9-6-10-14-20)26-29(4-2)25(22)31/h5-14H,3-4,15-18H2,1-2H3. The minimum absolute atomic E-state index is 0.207. The molecule has 1 aromatic heterocycles. The van der Waals surface area contributed by atoms with Gasteiger partial charge in [0, 0.05) is 43.9 Å². The summed E-state index contributed by atoms with van der Waals surface area (Å²) in [5.41, 5.74) is 2.86. The maximum Gasteiger partial charge on any atom is 0.280 e. The van der Waals surface area contributed by atoms with Crippen LogP contribution in [0.4, 0.5) is 0 Å². The number of carbonyl (C=O) groups excluding carboxylic acids is 1. The van der Waals surface area contributed by atoms with Gasteiger partial charge in [0.15, 0.2) is 0 Å². The van der Waals surface area contributed by atoms with Crippen molar-refractivity contribution in [1.29, 1.82) is 0 Å². The van der Waals surface area contributed by atoms with E-state index in [4.69, 9.17) is 0 Å². The van der Waals surface area contributed by atoms with Crippen LogP contribution in [0.1, 0.15) is 24.2 Å². The van der Waals surface area contributed by atoms with Crippen molar-refractivity contribution in [3.8, 4) is 22.4 Å². The van der Waals surface area contributed by atoms with Crippen LogP contribution in [0.25, 0.3) is 22.4 Å². The first-order valence-electron chi connectivity index (χ1n) is 10.9. The number of carbonyl (C=O) groups is 1. The minimum atomic E-state index is -0.330. The quantitative estimate of drug-likeness (QED) is 0.640. The van der Waals surface area contributed by atoms with Gasteiger partial charge >= 0.3 is 0 Å². The Morgan fingerprint density at radius 1 is 0.839 bits per heavy atom. The highest BCUT2D eigenvalue weighted by Gasteiger charge is 2.29. The maximum absolute atomic E-state index is 13.7. The number of hydrogen-bond acceptors (Lipinski definition) is 4. The molecule has 3 aromatic rings. The smallest absolute Gasteiger partial charge is 0.280 e. The lowest BCUT2D eigenvalue weighted by molar-refractivity contribution is 0.0641. The lowest BCUT2D eigenvalue weighted by atomic mass is 9.94. The number of nitrogens with zero attached hydrogens (tertiary/aromatic N) is 4. The van der Waals surface area contributed by atoms with Crippen molar-refractivity contribution in [2.75, 3.05) is 32.7 Å². The van der Waals surface area contributed by atoms with E-state index in [1.54, 1.807) is 0 Å². The number of aryl methyl sites for hydroxylation is 1. The molecule has 1 aliphatic rings. The van der Waals surface area contributed by atoms with Gasteiger partial charge in [-0.15, -0.1) is 0 Å². The average molecular weight is 417 g/mol. The Morgan fingerprint density at radius 3 is 1.97 bits per heavy atom. The lowest BCUT2D eigenvalue weighted by Gasteiger charge is -2.34. The highest BCUT2D eigenvalue weighted by atomic mass is 16.2. The molecule has 0 unspecified atom stereocenters. The van der Waals surface area contributed by atoms with Crippen LogP contribution in [0.5, 0.6) is 0 Å². The van der Waals surface area contributed by atoms with Crippen molar-refractivity contribution in [3.63, 3.8) is 0 Å². The van der Waals surface area contributed by atoms with E-state index in [2.05, 4.69) is 16.9 Å². The summed E-state index contributed by atoms with van der Waals surface area (Å²) in [6.45, 7) is 8.25. The van der Waals surface area contributed by atoms with Crippen molar-refractivity contribution in [1.82, 2.24) is 19.6 Å². The fraction of sp³-hybridized carbons (Fsp3) is 0.320. The van der Waals surface area contributed by atoms with Gasteiger partial charge in [-0.05, 0) is 19.0 Å². The van der Waals surface area contributed by atoms with Crippen LogP contribution < -0.4 is 5.56 Å². The molecule has 160 valence electrons. The van der Waals surface area contributed by atoms with Crippen molar-refractivity contribution >= 4 is 5.91 Å². The molecule has 0 bridgehead atoms. The molecule has 2 heterocycles. The van der Waals surface area contributed by atoms with Crippen LogP contribution in [0.2, 0.25) is 0 Å². The summed E-state index contributed by atoms with van der Waals surface area (Å²) in [7, 11) is 0. The van der Waals surface area contributed by atoms with Gasteiger partial charge in [0.25, 0.3) is 11.5 Å². The Morgan fingerprint density at radius 2 is 1.42 bits per heavy atom. The van der Waals surface area contributed by atoms with Crippen LogP contribution in [0.3, 0.4) is 0 Å². The molecule has 31 heavy (non-hydrogen) atoms. The zero-order valence-electron chi connectivity index (χ0n) is 18.1. The minimum Gasteiger partial charge on any atom is -0.336 e. The van der Waals surface area contributed by atoms with Gasteiger partial charge in [-0.25, -0.2) is 4.68 Å². The van der Waals surface area contributed by atoms with Gasteiger partial charge in [-0.1, -0.05) is 67.6 Å². The summed E-state index contributed by atoms with van der Waals surface area (Å²) in [6.07, 6.45) is 0. The Kier molecular flexibility index (Phi) is 6.28. The second-order valence-electron chi connectivity index (χ2n) is 7.68. The van der Waals surface area contributed by atoms with E-state index in [0.29, 0.717) is 30.9 Å². The fourth-order valence-electron chi connectivity index (χ4n) is 4.09. The first-order chi connectivity index (χ1) is 15.1. The van der Waals surface area contributed by atoms with E-state index in [1.807, 2.05) is 72.5 Å². The second kappa shape index (κ2) is 9.27. The van der Waals surface area contributed by atoms with E-state index in [-0.39, 0.29) is 17.0 Å². The molecule has 0 N–H and O–H groups in total. The number of benzene rings is 2. The van der Waals surface area contributed by atoms with E-state index in [1.165, 1.54) is 4.68 Å².